The Morgan fingerprint density at radius 3 is 2.94 bits per heavy atom. The number of hydrogen-bond donors (Lipinski definition) is 2. The van der Waals surface area contributed by atoms with Gasteiger partial charge in [-0.15, -0.1) is 0 Å². The van der Waals surface area contributed by atoms with Gasteiger partial charge in [0, 0.05) is 11.4 Å². The van der Waals surface area contributed by atoms with Gasteiger partial charge < -0.3 is 10.4 Å². The van der Waals surface area contributed by atoms with Gasteiger partial charge in [-0.25, -0.2) is 0 Å². The molecule has 0 amide bonds. The van der Waals surface area contributed by atoms with Gasteiger partial charge >= 0.3 is 5.97 Å². The molecule has 0 radical (unpaired) electrons. The van der Waals surface area contributed by atoms with Gasteiger partial charge in [-0.1, -0.05) is 23.7 Å². The van der Waals surface area contributed by atoms with Crippen LogP contribution in [0.4, 0.5) is 0 Å². The number of carboxylic acid groups (broad SMARTS) is 1. The second-order valence-corrected chi connectivity index (χ2v) is 4.66. The molecular weight excluding hydrogens is 226 g/mol. The molecule has 1 fully saturated rings. The van der Waals surface area contributed by atoms with Gasteiger partial charge in [-0.3, -0.25) is 4.79 Å². The fourth-order valence-corrected chi connectivity index (χ4v) is 2.42. The normalized spacial score (nSPS) is 24.6. The van der Waals surface area contributed by atoms with Crippen molar-refractivity contribution in [3.05, 3.63) is 34.9 Å². The fourth-order valence-electron chi connectivity index (χ4n) is 2.21. The zero-order chi connectivity index (χ0) is 11.6. The molecule has 1 aliphatic rings. The first kappa shape index (κ1) is 11.4. The number of carbonyl (C=O) groups is 1. The van der Waals surface area contributed by atoms with Crippen molar-refractivity contribution in [3.63, 3.8) is 0 Å². The minimum Gasteiger partial charge on any atom is -0.480 e. The topological polar surface area (TPSA) is 49.3 Å². The molecule has 1 atom stereocenters. The summed E-state index contributed by atoms with van der Waals surface area (Å²) in [4.78, 5) is 11.3. The van der Waals surface area contributed by atoms with E-state index in [2.05, 4.69) is 5.32 Å². The van der Waals surface area contributed by atoms with Crippen molar-refractivity contribution in [1.29, 1.82) is 0 Å². The average Bonchev–Trinajstić information content (AvgIpc) is 2.67. The molecule has 0 saturated carbocycles. The SMILES string of the molecule is O=C(O)C1(Cc2cccc(Cl)c2)CCCN1. The molecule has 1 aromatic rings. The van der Waals surface area contributed by atoms with Crippen LogP contribution in [0.15, 0.2) is 24.3 Å². The Morgan fingerprint density at radius 1 is 1.56 bits per heavy atom. The molecule has 0 aromatic heterocycles. The molecule has 86 valence electrons. The summed E-state index contributed by atoms with van der Waals surface area (Å²) in [6.45, 7) is 0.771. The van der Waals surface area contributed by atoms with E-state index in [1.807, 2.05) is 18.2 Å². The minimum absolute atomic E-state index is 0.489. The van der Waals surface area contributed by atoms with Gasteiger partial charge in [-0.05, 0) is 37.1 Å². The first-order chi connectivity index (χ1) is 7.62. The lowest BCUT2D eigenvalue weighted by Gasteiger charge is -2.24. The Hall–Kier alpha value is -1.06. The van der Waals surface area contributed by atoms with Crippen LogP contribution in [0.5, 0.6) is 0 Å². The van der Waals surface area contributed by atoms with Crippen LogP contribution in [0.2, 0.25) is 5.02 Å². The molecule has 2 rings (SSSR count). The standard InChI is InChI=1S/C12H14ClNO2/c13-10-4-1-3-9(7-10)8-12(11(15)16)5-2-6-14-12/h1,3-4,7,14H,2,5-6,8H2,(H,15,16). The number of rotatable bonds is 3. The molecule has 1 aliphatic heterocycles. The van der Waals surface area contributed by atoms with Gasteiger partial charge in [0.1, 0.15) is 5.54 Å². The Morgan fingerprint density at radius 2 is 2.38 bits per heavy atom. The summed E-state index contributed by atoms with van der Waals surface area (Å²) in [7, 11) is 0. The second-order valence-electron chi connectivity index (χ2n) is 4.22. The van der Waals surface area contributed by atoms with Crippen molar-refractivity contribution in [2.75, 3.05) is 6.54 Å². The Bertz CT molecular complexity index is 400. The number of carboxylic acids is 1. The third-order valence-electron chi connectivity index (χ3n) is 3.05. The lowest BCUT2D eigenvalue weighted by Crippen LogP contribution is -2.49. The van der Waals surface area contributed by atoms with Crippen LogP contribution >= 0.6 is 11.6 Å². The van der Waals surface area contributed by atoms with E-state index in [9.17, 15) is 9.90 Å². The van der Waals surface area contributed by atoms with Gasteiger partial charge in [-0.2, -0.15) is 0 Å². The van der Waals surface area contributed by atoms with Crippen LogP contribution in [-0.2, 0) is 11.2 Å². The molecule has 0 aliphatic carbocycles. The van der Waals surface area contributed by atoms with Crippen LogP contribution in [0.3, 0.4) is 0 Å². The van der Waals surface area contributed by atoms with Crippen LogP contribution in [-0.4, -0.2) is 23.2 Å². The number of hydrogen-bond acceptors (Lipinski definition) is 2. The van der Waals surface area contributed by atoms with Crippen LogP contribution < -0.4 is 5.32 Å². The predicted molar refractivity (Wildman–Crippen MR) is 62.8 cm³/mol. The monoisotopic (exact) mass is 239 g/mol. The average molecular weight is 240 g/mol. The van der Waals surface area contributed by atoms with Crippen molar-refractivity contribution in [3.8, 4) is 0 Å². The first-order valence-corrected chi connectivity index (χ1v) is 5.73. The molecule has 1 aromatic carbocycles. The lowest BCUT2D eigenvalue weighted by molar-refractivity contribution is -0.144. The molecule has 1 heterocycles. The summed E-state index contributed by atoms with van der Waals surface area (Å²) in [5.41, 5.74) is 0.161. The molecule has 3 nitrogen and oxygen atoms in total. The van der Waals surface area contributed by atoms with Crippen molar-refractivity contribution in [2.45, 2.75) is 24.8 Å². The minimum atomic E-state index is -0.801. The predicted octanol–water partition coefficient (Wildman–Crippen LogP) is 2.09. The van der Waals surface area contributed by atoms with Gasteiger partial charge in [0.2, 0.25) is 0 Å². The van der Waals surface area contributed by atoms with E-state index in [0.29, 0.717) is 17.9 Å². The van der Waals surface area contributed by atoms with E-state index in [-0.39, 0.29) is 0 Å². The number of halogens is 1. The maximum Gasteiger partial charge on any atom is 0.324 e. The summed E-state index contributed by atoms with van der Waals surface area (Å²) in [5.74, 6) is -0.773. The highest BCUT2D eigenvalue weighted by atomic mass is 35.5. The van der Waals surface area contributed by atoms with Crippen LogP contribution in [0, 0.1) is 0 Å². The van der Waals surface area contributed by atoms with E-state index in [4.69, 9.17) is 11.6 Å². The summed E-state index contributed by atoms with van der Waals surface area (Å²) in [5, 5.41) is 13.0. The molecule has 1 unspecified atom stereocenters. The number of aliphatic carboxylic acids is 1. The molecule has 1 saturated heterocycles. The summed E-state index contributed by atoms with van der Waals surface area (Å²) >= 11 is 5.89. The molecular formula is C12H14ClNO2. The smallest absolute Gasteiger partial charge is 0.324 e. The van der Waals surface area contributed by atoms with Gasteiger partial charge in [0.25, 0.3) is 0 Å². The molecule has 16 heavy (non-hydrogen) atoms. The van der Waals surface area contributed by atoms with E-state index in [1.165, 1.54) is 0 Å². The highest BCUT2D eigenvalue weighted by Gasteiger charge is 2.40. The van der Waals surface area contributed by atoms with Crippen molar-refractivity contribution >= 4 is 17.6 Å². The highest BCUT2D eigenvalue weighted by Crippen LogP contribution is 2.25. The third-order valence-corrected chi connectivity index (χ3v) is 3.28. The largest absolute Gasteiger partial charge is 0.480 e. The van der Waals surface area contributed by atoms with Gasteiger partial charge in [0.15, 0.2) is 0 Å². The van der Waals surface area contributed by atoms with Gasteiger partial charge in [0.05, 0.1) is 0 Å². The molecule has 2 N–H and O–H groups in total. The third kappa shape index (κ3) is 2.20. The van der Waals surface area contributed by atoms with E-state index in [0.717, 1.165) is 18.5 Å². The van der Waals surface area contributed by atoms with Crippen molar-refractivity contribution in [2.24, 2.45) is 0 Å². The summed E-state index contributed by atoms with van der Waals surface area (Å²) in [6.07, 6.45) is 2.07. The molecule has 4 heteroatoms. The molecule has 0 spiro atoms. The van der Waals surface area contributed by atoms with Crippen LogP contribution in [0.25, 0.3) is 0 Å². The van der Waals surface area contributed by atoms with Crippen LogP contribution in [0.1, 0.15) is 18.4 Å². The Labute approximate surface area is 99.4 Å². The maximum atomic E-state index is 11.3. The molecule has 0 bridgehead atoms. The first-order valence-electron chi connectivity index (χ1n) is 5.35. The Kier molecular flexibility index (Phi) is 3.17. The maximum absolute atomic E-state index is 11.3. The second kappa shape index (κ2) is 4.44. The number of nitrogens with one attached hydrogen (secondary N) is 1. The fraction of sp³-hybridized carbons (Fsp3) is 0.417. The summed E-state index contributed by atoms with van der Waals surface area (Å²) in [6, 6.07) is 7.38. The Balaban J connectivity index is 2.21. The number of benzene rings is 1. The quantitative estimate of drug-likeness (QED) is 0.849. The highest BCUT2D eigenvalue weighted by molar-refractivity contribution is 6.30. The van der Waals surface area contributed by atoms with E-state index >= 15 is 0 Å². The summed E-state index contributed by atoms with van der Waals surface area (Å²) < 4.78 is 0. The van der Waals surface area contributed by atoms with Crippen molar-refractivity contribution in [1.82, 2.24) is 5.32 Å². The lowest BCUT2D eigenvalue weighted by atomic mass is 9.89. The zero-order valence-corrected chi connectivity index (χ0v) is 9.63. The van der Waals surface area contributed by atoms with Crippen molar-refractivity contribution < 1.29 is 9.90 Å². The van der Waals surface area contributed by atoms with E-state index < -0.39 is 11.5 Å². The van der Waals surface area contributed by atoms with E-state index in [1.54, 1.807) is 6.07 Å². The zero-order valence-electron chi connectivity index (χ0n) is 8.87.